The molecule has 0 saturated carbocycles. The summed E-state index contributed by atoms with van der Waals surface area (Å²) in [6.45, 7) is 2.69. The number of ether oxygens (including phenoxy) is 1. The molecule has 1 atom stereocenters. The molecule has 2 rings (SSSR count). The van der Waals surface area contributed by atoms with Gasteiger partial charge < -0.3 is 4.74 Å². The standard InChI is InChI=1S/C15H22N2O/c1-2-18-14-10-8-13(9-11-14)15(17-16)12-6-4-3-5-7-12/h6,8-11,15,17H,2-5,7,16H2,1H3. The van der Waals surface area contributed by atoms with Crippen LogP contribution in [0.2, 0.25) is 0 Å². The van der Waals surface area contributed by atoms with Crippen LogP contribution in [0.5, 0.6) is 5.75 Å². The predicted molar refractivity (Wildman–Crippen MR) is 74.2 cm³/mol. The normalized spacial score (nSPS) is 17.1. The van der Waals surface area contributed by atoms with Crippen LogP contribution < -0.4 is 16.0 Å². The zero-order chi connectivity index (χ0) is 12.8. The summed E-state index contributed by atoms with van der Waals surface area (Å²) >= 11 is 0. The Bertz CT molecular complexity index is 397. The number of rotatable bonds is 5. The van der Waals surface area contributed by atoms with E-state index in [1.165, 1.54) is 30.4 Å². The highest BCUT2D eigenvalue weighted by Gasteiger charge is 2.16. The summed E-state index contributed by atoms with van der Waals surface area (Å²) in [5.74, 6) is 6.62. The molecule has 98 valence electrons. The van der Waals surface area contributed by atoms with E-state index in [0.717, 1.165) is 12.2 Å². The van der Waals surface area contributed by atoms with Gasteiger partial charge in [0.15, 0.2) is 0 Å². The summed E-state index contributed by atoms with van der Waals surface area (Å²) < 4.78 is 5.45. The Labute approximate surface area is 109 Å². The average Bonchev–Trinajstić information content (AvgIpc) is 2.43. The van der Waals surface area contributed by atoms with E-state index < -0.39 is 0 Å². The molecule has 0 aliphatic heterocycles. The van der Waals surface area contributed by atoms with Gasteiger partial charge in [-0.2, -0.15) is 0 Å². The molecule has 0 amide bonds. The lowest BCUT2D eigenvalue weighted by Gasteiger charge is -2.23. The molecule has 3 nitrogen and oxygen atoms in total. The largest absolute Gasteiger partial charge is 0.494 e. The first-order valence-corrected chi connectivity index (χ1v) is 6.73. The number of allylic oxidation sites excluding steroid dienone is 1. The van der Waals surface area contributed by atoms with Crippen LogP contribution in [-0.2, 0) is 0 Å². The van der Waals surface area contributed by atoms with Crippen molar-refractivity contribution in [3.63, 3.8) is 0 Å². The van der Waals surface area contributed by atoms with Crippen LogP contribution in [0.1, 0.15) is 44.2 Å². The van der Waals surface area contributed by atoms with Crippen LogP contribution >= 0.6 is 0 Å². The molecule has 1 aliphatic rings. The van der Waals surface area contributed by atoms with Gasteiger partial charge in [0.2, 0.25) is 0 Å². The van der Waals surface area contributed by atoms with Crippen molar-refractivity contribution in [1.82, 2.24) is 5.43 Å². The molecule has 1 aromatic carbocycles. The van der Waals surface area contributed by atoms with Crippen molar-refractivity contribution in [3.05, 3.63) is 41.5 Å². The topological polar surface area (TPSA) is 47.3 Å². The maximum absolute atomic E-state index is 5.71. The minimum Gasteiger partial charge on any atom is -0.494 e. The Morgan fingerprint density at radius 1 is 1.28 bits per heavy atom. The summed E-state index contributed by atoms with van der Waals surface area (Å²) in [5.41, 5.74) is 5.54. The predicted octanol–water partition coefficient (Wildman–Crippen LogP) is 3.09. The van der Waals surface area contributed by atoms with E-state index in [1.54, 1.807) is 0 Å². The number of benzene rings is 1. The van der Waals surface area contributed by atoms with Crippen molar-refractivity contribution in [2.24, 2.45) is 5.84 Å². The smallest absolute Gasteiger partial charge is 0.119 e. The first kappa shape index (κ1) is 13.1. The fourth-order valence-corrected chi connectivity index (χ4v) is 2.47. The molecule has 18 heavy (non-hydrogen) atoms. The molecule has 3 N–H and O–H groups in total. The van der Waals surface area contributed by atoms with E-state index in [4.69, 9.17) is 10.6 Å². The molecule has 0 saturated heterocycles. The number of nitrogens with one attached hydrogen (secondary N) is 1. The third kappa shape index (κ3) is 3.12. The number of hydrazine groups is 1. The van der Waals surface area contributed by atoms with Gasteiger partial charge in [0.25, 0.3) is 0 Å². The quantitative estimate of drug-likeness (QED) is 0.477. The number of hydrogen-bond acceptors (Lipinski definition) is 3. The van der Waals surface area contributed by atoms with Gasteiger partial charge in [-0.3, -0.25) is 5.84 Å². The molecule has 0 fully saturated rings. The van der Waals surface area contributed by atoms with Gasteiger partial charge >= 0.3 is 0 Å². The minimum absolute atomic E-state index is 0.140. The maximum atomic E-state index is 5.71. The van der Waals surface area contributed by atoms with Crippen LogP contribution in [-0.4, -0.2) is 6.61 Å². The second kappa shape index (κ2) is 6.57. The molecular weight excluding hydrogens is 224 g/mol. The van der Waals surface area contributed by atoms with Crippen molar-refractivity contribution in [3.8, 4) is 5.75 Å². The molecular formula is C15H22N2O. The summed E-state index contributed by atoms with van der Waals surface area (Å²) in [6.07, 6.45) is 7.20. The Kier molecular flexibility index (Phi) is 4.79. The van der Waals surface area contributed by atoms with Gasteiger partial charge in [0, 0.05) is 0 Å². The Hall–Kier alpha value is -1.32. The van der Waals surface area contributed by atoms with E-state index >= 15 is 0 Å². The average molecular weight is 246 g/mol. The van der Waals surface area contributed by atoms with Gasteiger partial charge in [-0.15, -0.1) is 0 Å². The Balaban J connectivity index is 2.14. The lowest BCUT2D eigenvalue weighted by Crippen LogP contribution is -2.30. The third-order valence-electron chi connectivity index (χ3n) is 3.39. The van der Waals surface area contributed by atoms with Crippen LogP contribution in [0.15, 0.2) is 35.9 Å². The zero-order valence-corrected chi connectivity index (χ0v) is 11.0. The van der Waals surface area contributed by atoms with Crippen molar-refractivity contribution in [2.75, 3.05) is 6.61 Å². The fourth-order valence-electron chi connectivity index (χ4n) is 2.47. The third-order valence-corrected chi connectivity index (χ3v) is 3.39. The van der Waals surface area contributed by atoms with Gasteiger partial charge in [-0.1, -0.05) is 23.8 Å². The van der Waals surface area contributed by atoms with Crippen LogP contribution in [0.3, 0.4) is 0 Å². The molecule has 0 heterocycles. The lowest BCUT2D eigenvalue weighted by atomic mass is 9.90. The van der Waals surface area contributed by atoms with Crippen molar-refractivity contribution < 1.29 is 4.74 Å². The van der Waals surface area contributed by atoms with Crippen molar-refractivity contribution in [1.29, 1.82) is 0 Å². The van der Waals surface area contributed by atoms with E-state index in [1.807, 2.05) is 19.1 Å². The summed E-state index contributed by atoms with van der Waals surface area (Å²) in [5, 5.41) is 0. The van der Waals surface area contributed by atoms with Crippen LogP contribution in [0.25, 0.3) is 0 Å². The van der Waals surface area contributed by atoms with E-state index in [-0.39, 0.29) is 6.04 Å². The minimum atomic E-state index is 0.140. The molecule has 0 spiro atoms. The van der Waals surface area contributed by atoms with Crippen LogP contribution in [0, 0.1) is 0 Å². The molecule has 0 aromatic heterocycles. The van der Waals surface area contributed by atoms with Gasteiger partial charge in [0.1, 0.15) is 5.75 Å². The van der Waals surface area contributed by atoms with Crippen molar-refractivity contribution in [2.45, 2.75) is 38.6 Å². The second-order valence-corrected chi connectivity index (χ2v) is 4.63. The first-order chi connectivity index (χ1) is 8.85. The number of hydrogen-bond donors (Lipinski definition) is 2. The van der Waals surface area contributed by atoms with Gasteiger partial charge in [-0.05, 0) is 50.3 Å². The van der Waals surface area contributed by atoms with Gasteiger partial charge in [-0.25, -0.2) is 5.43 Å². The molecule has 0 radical (unpaired) electrons. The summed E-state index contributed by atoms with van der Waals surface area (Å²) in [4.78, 5) is 0. The zero-order valence-electron chi connectivity index (χ0n) is 11.0. The maximum Gasteiger partial charge on any atom is 0.119 e. The van der Waals surface area contributed by atoms with Crippen LogP contribution in [0.4, 0.5) is 0 Å². The Morgan fingerprint density at radius 3 is 2.61 bits per heavy atom. The lowest BCUT2D eigenvalue weighted by molar-refractivity contribution is 0.340. The SMILES string of the molecule is CCOc1ccc(C(NN)C2=CCCCC2)cc1. The highest BCUT2D eigenvalue weighted by Crippen LogP contribution is 2.30. The monoisotopic (exact) mass is 246 g/mol. The Morgan fingerprint density at radius 2 is 2.06 bits per heavy atom. The molecule has 0 bridgehead atoms. The summed E-state index contributed by atoms with van der Waals surface area (Å²) in [6, 6.07) is 8.33. The van der Waals surface area contributed by atoms with Crippen molar-refractivity contribution >= 4 is 0 Å². The fraction of sp³-hybridized carbons (Fsp3) is 0.467. The van der Waals surface area contributed by atoms with E-state index in [0.29, 0.717) is 6.61 Å². The second-order valence-electron chi connectivity index (χ2n) is 4.63. The molecule has 3 heteroatoms. The molecule has 1 unspecified atom stereocenters. The van der Waals surface area contributed by atoms with E-state index in [2.05, 4.69) is 23.6 Å². The highest BCUT2D eigenvalue weighted by molar-refractivity contribution is 5.33. The van der Waals surface area contributed by atoms with E-state index in [9.17, 15) is 0 Å². The summed E-state index contributed by atoms with van der Waals surface area (Å²) in [7, 11) is 0. The molecule has 1 aliphatic carbocycles. The van der Waals surface area contributed by atoms with Gasteiger partial charge in [0.05, 0.1) is 12.6 Å². The molecule has 1 aromatic rings. The first-order valence-electron chi connectivity index (χ1n) is 6.73. The highest BCUT2D eigenvalue weighted by atomic mass is 16.5. The number of nitrogens with two attached hydrogens (primary N) is 1.